The smallest absolute Gasteiger partial charge is 0.399 e. The molecule has 1 aliphatic rings. The van der Waals surface area contributed by atoms with Crippen LogP contribution in [0.15, 0.2) is 36.4 Å². The fraction of sp³-hybridized carbons (Fsp3) is 0.300. The molecule has 1 fully saturated rings. The van der Waals surface area contributed by atoms with Crippen LogP contribution in [-0.2, 0) is 9.31 Å². The van der Waals surface area contributed by atoms with E-state index in [2.05, 4.69) is 0 Å². The van der Waals surface area contributed by atoms with Gasteiger partial charge in [-0.1, -0.05) is 30.3 Å². The molecule has 0 aliphatic carbocycles. The van der Waals surface area contributed by atoms with E-state index in [9.17, 15) is 30.3 Å². The van der Waals surface area contributed by atoms with E-state index in [4.69, 9.17) is 9.31 Å². The van der Waals surface area contributed by atoms with Crippen molar-refractivity contribution in [1.82, 2.24) is 0 Å². The molecule has 0 aromatic heterocycles. The first-order chi connectivity index (χ1) is 14.8. The second kappa shape index (κ2) is 8.13. The van der Waals surface area contributed by atoms with E-state index in [1.165, 1.54) is 12.2 Å². The first-order valence-electron chi connectivity index (χ1n) is 9.57. The Morgan fingerprint density at radius 1 is 0.781 bits per heavy atom. The Morgan fingerprint density at radius 2 is 1.25 bits per heavy atom. The summed E-state index contributed by atoms with van der Waals surface area (Å²) in [6.45, 7) is 7.75. The van der Waals surface area contributed by atoms with Gasteiger partial charge in [0.25, 0.3) is 17.1 Å². The SMILES string of the molecule is CC1(C)OB(c2ccc(/C=C/c3c([N+](=O)[O-])cc([N+](=O)[O-])cc3[N+](=O)[O-])cc2)OC1(C)C. The minimum absolute atomic E-state index is 0.333. The highest BCUT2D eigenvalue weighted by molar-refractivity contribution is 6.62. The van der Waals surface area contributed by atoms with Gasteiger partial charge in [0.05, 0.1) is 38.1 Å². The molecule has 0 radical (unpaired) electrons. The van der Waals surface area contributed by atoms with Gasteiger partial charge in [-0.25, -0.2) is 0 Å². The van der Waals surface area contributed by atoms with Crippen LogP contribution in [0.2, 0.25) is 0 Å². The summed E-state index contributed by atoms with van der Waals surface area (Å²) in [4.78, 5) is 31.1. The Morgan fingerprint density at radius 3 is 1.66 bits per heavy atom. The highest BCUT2D eigenvalue weighted by atomic mass is 16.7. The molecule has 0 bridgehead atoms. The maximum absolute atomic E-state index is 11.4. The molecule has 166 valence electrons. The Hall–Kier alpha value is -3.64. The highest BCUT2D eigenvalue weighted by Gasteiger charge is 2.51. The van der Waals surface area contributed by atoms with Gasteiger partial charge in [-0.15, -0.1) is 0 Å². The van der Waals surface area contributed by atoms with Crippen molar-refractivity contribution in [2.45, 2.75) is 38.9 Å². The number of nitrogens with zero attached hydrogens (tertiary/aromatic N) is 3. The van der Waals surface area contributed by atoms with Crippen LogP contribution < -0.4 is 5.46 Å². The summed E-state index contributed by atoms with van der Waals surface area (Å²) in [5.74, 6) is 0. The van der Waals surface area contributed by atoms with Crippen molar-refractivity contribution in [2.75, 3.05) is 0 Å². The zero-order valence-electron chi connectivity index (χ0n) is 17.8. The van der Waals surface area contributed by atoms with Crippen LogP contribution in [-0.4, -0.2) is 33.1 Å². The Kier molecular flexibility index (Phi) is 5.85. The minimum atomic E-state index is -0.915. The van der Waals surface area contributed by atoms with Gasteiger partial charge in [0.1, 0.15) is 5.56 Å². The lowest BCUT2D eigenvalue weighted by molar-refractivity contribution is -0.403. The maximum Gasteiger partial charge on any atom is 0.494 e. The van der Waals surface area contributed by atoms with Crippen molar-refractivity contribution in [3.63, 3.8) is 0 Å². The first kappa shape index (κ1) is 23.0. The lowest BCUT2D eigenvalue weighted by Gasteiger charge is -2.32. The van der Waals surface area contributed by atoms with Gasteiger partial charge < -0.3 is 9.31 Å². The fourth-order valence-corrected chi connectivity index (χ4v) is 3.11. The summed E-state index contributed by atoms with van der Waals surface area (Å²) in [5.41, 5.74) is -2.13. The predicted molar refractivity (Wildman–Crippen MR) is 117 cm³/mol. The van der Waals surface area contributed by atoms with Crippen LogP contribution in [0.4, 0.5) is 17.1 Å². The number of hydrogen-bond acceptors (Lipinski definition) is 8. The normalized spacial score (nSPS) is 16.9. The number of rotatable bonds is 6. The molecular formula is C20H20BN3O8. The standard InChI is InChI=1S/C20H20BN3O8/c1-19(2)20(3,4)32-21(31-19)14-8-5-13(6-9-14)7-10-16-17(23(27)28)11-15(22(25)26)12-18(16)24(29)30/h5-12H,1-4H3/b10-7+. The minimum Gasteiger partial charge on any atom is -0.399 e. The van der Waals surface area contributed by atoms with E-state index in [-0.39, 0.29) is 5.56 Å². The van der Waals surface area contributed by atoms with Crippen molar-refractivity contribution in [1.29, 1.82) is 0 Å². The third-order valence-corrected chi connectivity index (χ3v) is 5.63. The van der Waals surface area contributed by atoms with E-state index in [0.717, 1.165) is 5.46 Å². The summed E-state index contributed by atoms with van der Waals surface area (Å²) in [7, 11) is -0.560. The van der Waals surface area contributed by atoms with E-state index in [1.54, 1.807) is 24.3 Å². The van der Waals surface area contributed by atoms with Crippen molar-refractivity contribution in [3.05, 3.63) is 77.9 Å². The number of nitro groups is 3. The zero-order valence-corrected chi connectivity index (χ0v) is 17.8. The van der Waals surface area contributed by atoms with Gasteiger partial charge in [0.15, 0.2) is 0 Å². The average Bonchev–Trinajstić information content (AvgIpc) is 2.93. The van der Waals surface area contributed by atoms with Gasteiger partial charge in [-0.2, -0.15) is 0 Å². The first-order valence-corrected chi connectivity index (χ1v) is 9.57. The predicted octanol–water partition coefficient (Wildman–Crippen LogP) is 3.88. The summed E-state index contributed by atoms with van der Waals surface area (Å²) >= 11 is 0. The molecule has 3 rings (SSSR count). The maximum atomic E-state index is 11.4. The van der Waals surface area contributed by atoms with E-state index in [1.807, 2.05) is 27.7 Å². The number of nitro benzene ring substituents is 3. The topological polar surface area (TPSA) is 148 Å². The van der Waals surface area contributed by atoms with Crippen LogP contribution in [0.3, 0.4) is 0 Å². The quantitative estimate of drug-likeness (QED) is 0.284. The van der Waals surface area contributed by atoms with Crippen molar-refractivity contribution in [3.8, 4) is 0 Å². The van der Waals surface area contributed by atoms with Crippen LogP contribution in [0.1, 0.15) is 38.8 Å². The van der Waals surface area contributed by atoms with E-state index in [0.29, 0.717) is 17.7 Å². The highest BCUT2D eigenvalue weighted by Crippen LogP contribution is 2.37. The Bertz CT molecular complexity index is 1080. The van der Waals surface area contributed by atoms with Crippen molar-refractivity contribution < 1.29 is 24.1 Å². The second-order valence-corrected chi connectivity index (χ2v) is 8.26. The van der Waals surface area contributed by atoms with Gasteiger partial charge in [0, 0.05) is 0 Å². The molecule has 0 amide bonds. The second-order valence-electron chi connectivity index (χ2n) is 8.26. The molecule has 1 heterocycles. The van der Waals surface area contributed by atoms with Crippen LogP contribution in [0.25, 0.3) is 12.2 Å². The summed E-state index contributed by atoms with van der Waals surface area (Å²) in [5, 5.41) is 33.7. The van der Waals surface area contributed by atoms with Crippen LogP contribution in [0, 0.1) is 30.3 Å². The van der Waals surface area contributed by atoms with Gasteiger partial charge >= 0.3 is 7.12 Å². The molecule has 0 atom stereocenters. The molecule has 2 aromatic carbocycles. The van der Waals surface area contributed by atoms with Crippen LogP contribution >= 0.6 is 0 Å². The lowest BCUT2D eigenvalue weighted by Crippen LogP contribution is -2.41. The molecule has 0 N–H and O–H groups in total. The lowest BCUT2D eigenvalue weighted by atomic mass is 9.79. The number of hydrogen-bond donors (Lipinski definition) is 0. The number of non-ortho nitro benzene ring substituents is 1. The molecule has 1 saturated heterocycles. The molecule has 11 nitrogen and oxygen atoms in total. The van der Waals surface area contributed by atoms with E-state index >= 15 is 0 Å². The van der Waals surface area contributed by atoms with E-state index < -0.39 is 50.2 Å². The molecule has 0 spiro atoms. The molecule has 32 heavy (non-hydrogen) atoms. The van der Waals surface area contributed by atoms with Crippen molar-refractivity contribution in [2.24, 2.45) is 0 Å². The van der Waals surface area contributed by atoms with Crippen LogP contribution in [0.5, 0.6) is 0 Å². The third kappa shape index (κ3) is 4.36. The fourth-order valence-electron chi connectivity index (χ4n) is 3.11. The summed E-state index contributed by atoms with van der Waals surface area (Å²) < 4.78 is 12.0. The zero-order chi connectivity index (χ0) is 23.8. The number of benzene rings is 2. The molecular weight excluding hydrogens is 421 g/mol. The molecule has 12 heteroatoms. The Balaban J connectivity index is 1.92. The Labute approximate surface area is 183 Å². The van der Waals surface area contributed by atoms with Gasteiger partial charge in [-0.3, -0.25) is 30.3 Å². The molecule has 0 saturated carbocycles. The average molecular weight is 441 g/mol. The summed E-state index contributed by atoms with van der Waals surface area (Å²) in [6.07, 6.45) is 2.65. The third-order valence-electron chi connectivity index (χ3n) is 5.63. The molecule has 1 aliphatic heterocycles. The monoisotopic (exact) mass is 441 g/mol. The largest absolute Gasteiger partial charge is 0.494 e. The molecule has 0 unspecified atom stereocenters. The van der Waals surface area contributed by atoms with Gasteiger partial charge in [-0.05, 0) is 44.8 Å². The molecule has 2 aromatic rings. The summed E-state index contributed by atoms with van der Waals surface area (Å²) in [6, 6.07) is 8.35. The van der Waals surface area contributed by atoms with Crippen molar-refractivity contribution >= 4 is 41.8 Å². The van der Waals surface area contributed by atoms with Gasteiger partial charge in [0.2, 0.25) is 0 Å².